The number of phenols is 1. The van der Waals surface area contributed by atoms with Crippen LogP contribution in [-0.2, 0) is 9.53 Å². The Morgan fingerprint density at radius 3 is 2.61 bits per heavy atom. The van der Waals surface area contributed by atoms with Gasteiger partial charge in [-0.15, -0.1) is 0 Å². The van der Waals surface area contributed by atoms with Gasteiger partial charge in [0, 0.05) is 10.2 Å². The minimum atomic E-state index is -0.998. The van der Waals surface area contributed by atoms with Gasteiger partial charge >= 0.3 is 5.97 Å². The lowest BCUT2D eigenvalue weighted by Crippen LogP contribution is -2.30. The number of rotatable bonds is 4. The molecule has 0 saturated carbocycles. The number of aromatic hydroxyl groups is 1. The van der Waals surface area contributed by atoms with E-state index in [1.807, 2.05) is 6.07 Å². The van der Waals surface area contributed by atoms with E-state index in [0.717, 1.165) is 10.0 Å². The first-order valence-electron chi connectivity index (χ1n) is 6.94. The first kappa shape index (κ1) is 17.0. The van der Waals surface area contributed by atoms with Crippen molar-refractivity contribution < 1.29 is 19.4 Å². The lowest BCUT2D eigenvalue weighted by atomic mass is 10.1. The molecule has 0 spiro atoms. The molecule has 5 nitrogen and oxygen atoms in total. The Kier molecular flexibility index (Phi) is 5.39. The zero-order chi connectivity index (χ0) is 17.0. The van der Waals surface area contributed by atoms with Crippen molar-refractivity contribution in [3.63, 3.8) is 0 Å². The van der Waals surface area contributed by atoms with Crippen molar-refractivity contribution in [1.29, 1.82) is 0 Å². The van der Waals surface area contributed by atoms with E-state index in [1.165, 1.54) is 19.1 Å². The zero-order valence-electron chi connectivity index (χ0n) is 12.7. The summed E-state index contributed by atoms with van der Waals surface area (Å²) >= 11 is 3.31. The number of aryl methyl sites for hydroxylation is 1. The lowest BCUT2D eigenvalue weighted by Gasteiger charge is -2.14. The summed E-state index contributed by atoms with van der Waals surface area (Å²) in [6.07, 6.45) is -0.998. The third kappa shape index (κ3) is 4.56. The zero-order valence-corrected chi connectivity index (χ0v) is 14.3. The van der Waals surface area contributed by atoms with Crippen molar-refractivity contribution in [2.24, 2.45) is 0 Å². The number of benzene rings is 2. The summed E-state index contributed by atoms with van der Waals surface area (Å²) < 4.78 is 5.92. The molecular formula is C17H16BrNO4. The standard InChI is InChI=1S/C17H16BrNO4/c1-10-6-7-14(15(20)8-10)17(22)23-11(2)16(21)19-13-5-3-4-12(18)9-13/h3-9,11,20H,1-2H3,(H,19,21)/t11-/m0/s1. The topological polar surface area (TPSA) is 75.6 Å². The molecule has 0 aliphatic rings. The van der Waals surface area contributed by atoms with Crippen molar-refractivity contribution in [2.45, 2.75) is 20.0 Å². The average Bonchev–Trinajstić information content (AvgIpc) is 2.46. The number of carbonyl (C=O) groups excluding carboxylic acids is 2. The second-order valence-electron chi connectivity index (χ2n) is 5.07. The number of nitrogens with one attached hydrogen (secondary N) is 1. The molecule has 0 radical (unpaired) electrons. The van der Waals surface area contributed by atoms with E-state index < -0.39 is 18.0 Å². The van der Waals surface area contributed by atoms with Gasteiger partial charge in [-0.2, -0.15) is 0 Å². The molecule has 2 N–H and O–H groups in total. The van der Waals surface area contributed by atoms with Crippen LogP contribution in [0.15, 0.2) is 46.9 Å². The first-order valence-corrected chi connectivity index (χ1v) is 7.73. The SMILES string of the molecule is Cc1ccc(C(=O)O[C@@H](C)C(=O)Nc2cccc(Br)c2)c(O)c1. The predicted molar refractivity (Wildman–Crippen MR) is 90.5 cm³/mol. The summed E-state index contributed by atoms with van der Waals surface area (Å²) in [6.45, 7) is 3.26. The first-order chi connectivity index (χ1) is 10.9. The highest BCUT2D eigenvalue weighted by Crippen LogP contribution is 2.20. The van der Waals surface area contributed by atoms with Crippen molar-refractivity contribution >= 4 is 33.5 Å². The molecule has 2 aromatic carbocycles. The molecular weight excluding hydrogens is 362 g/mol. The Morgan fingerprint density at radius 2 is 1.96 bits per heavy atom. The van der Waals surface area contributed by atoms with Gasteiger partial charge in [-0.25, -0.2) is 4.79 Å². The number of amides is 1. The largest absolute Gasteiger partial charge is 0.507 e. The lowest BCUT2D eigenvalue weighted by molar-refractivity contribution is -0.123. The van der Waals surface area contributed by atoms with Crippen LogP contribution in [0.4, 0.5) is 5.69 Å². The molecule has 120 valence electrons. The normalized spacial score (nSPS) is 11.6. The van der Waals surface area contributed by atoms with E-state index in [0.29, 0.717) is 5.69 Å². The maximum absolute atomic E-state index is 12.1. The van der Waals surface area contributed by atoms with Gasteiger partial charge in [0.25, 0.3) is 5.91 Å². The fourth-order valence-corrected chi connectivity index (χ4v) is 2.30. The number of phenolic OH excluding ortho intramolecular Hbond substituents is 1. The molecule has 0 fully saturated rings. The van der Waals surface area contributed by atoms with Crippen LogP contribution in [0.2, 0.25) is 0 Å². The quantitative estimate of drug-likeness (QED) is 0.797. The van der Waals surface area contributed by atoms with Crippen molar-refractivity contribution in [3.05, 3.63) is 58.1 Å². The number of hydrogen-bond acceptors (Lipinski definition) is 4. The number of carbonyl (C=O) groups is 2. The molecule has 1 amide bonds. The molecule has 0 saturated heterocycles. The number of ether oxygens (including phenoxy) is 1. The van der Waals surface area contributed by atoms with E-state index in [4.69, 9.17) is 4.74 Å². The van der Waals surface area contributed by atoms with Gasteiger partial charge in [0.2, 0.25) is 0 Å². The van der Waals surface area contributed by atoms with Crippen LogP contribution in [0.5, 0.6) is 5.75 Å². The van der Waals surface area contributed by atoms with E-state index in [2.05, 4.69) is 21.2 Å². The summed E-state index contributed by atoms with van der Waals surface area (Å²) in [4.78, 5) is 24.1. The molecule has 0 aromatic heterocycles. The molecule has 1 atom stereocenters. The summed E-state index contributed by atoms with van der Waals surface area (Å²) in [7, 11) is 0. The van der Waals surface area contributed by atoms with Gasteiger partial charge in [-0.1, -0.05) is 28.1 Å². The van der Waals surface area contributed by atoms with E-state index in [9.17, 15) is 14.7 Å². The van der Waals surface area contributed by atoms with E-state index >= 15 is 0 Å². The highest BCUT2D eigenvalue weighted by atomic mass is 79.9. The van der Waals surface area contributed by atoms with Crippen LogP contribution in [0.3, 0.4) is 0 Å². The minimum absolute atomic E-state index is 0.0257. The summed E-state index contributed by atoms with van der Waals surface area (Å²) in [5.41, 5.74) is 1.43. The molecule has 6 heteroatoms. The van der Waals surface area contributed by atoms with Crippen LogP contribution in [0, 0.1) is 6.92 Å². The second kappa shape index (κ2) is 7.28. The van der Waals surface area contributed by atoms with Crippen LogP contribution in [0.25, 0.3) is 0 Å². The minimum Gasteiger partial charge on any atom is -0.507 e. The smallest absolute Gasteiger partial charge is 0.342 e. The molecule has 0 aliphatic heterocycles. The van der Waals surface area contributed by atoms with Crippen molar-refractivity contribution in [1.82, 2.24) is 0 Å². The molecule has 0 heterocycles. The molecule has 2 rings (SSSR count). The van der Waals surface area contributed by atoms with Crippen LogP contribution in [0.1, 0.15) is 22.8 Å². The third-order valence-corrected chi connectivity index (χ3v) is 3.61. The molecule has 2 aromatic rings. The van der Waals surface area contributed by atoms with Crippen LogP contribution < -0.4 is 5.32 Å². The van der Waals surface area contributed by atoms with Gasteiger partial charge in [0.1, 0.15) is 11.3 Å². The third-order valence-electron chi connectivity index (χ3n) is 3.12. The van der Waals surface area contributed by atoms with Crippen molar-refractivity contribution in [2.75, 3.05) is 5.32 Å². The monoisotopic (exact) mass is 377 g/mol. The van der Waals surface area contributed by atoms with Gasteiger partial charge in [-0.05, 0) is 49.7 Å². The van der Waals surface area contributed by atoms with Gasteiger partial charge in [0.15, 0.2) is 6.10 Å². The Labute approximate surface area is 142 Å². The predicted octanol–water partition coefficient (Wildman–Crippen LogP) is 3.65. The Balaban J connectivity index is 2.01. The maximum atomic E-state index is 12.1. The van der Waals surface area contributed by atoms with Crippen LogP contribution in [-0.4, -0.2) is 23.1 Å². The van der Waals surface area contributed by atoms with Gasteiger partial charge in [-0.3, -0.25) is 4.79 Å². The average molecular weight is 378 g/mol. The number of esters is 1. The maximum Gasteiger partial charge on any atom is 0.342 e. The van der Waals surface area contributed by atoms with Gasteiger partial charge in [0.05, 0.1) is 0 Å². The number of halogens is 1. The van der Waals surface area contributed by atoms with Crippen LogP contribution >= 0.6 is 15.9 Å². The highest BCUT2D eigenvalue weighted by molar-refractivity contribution is 9.10. The fourth-order valence-electron chi connectivity index (χ4n) is 1.90. The molecule has 0 aliphatic carbocycles. The Bertz CT molecular complexity index is 745. The number of hydrogen-bond donors (Lipinski definition) is 2. The summed E-state index contributed by atoms with van der Waals surface area (Å²) in [6, 6.07) is 11.7. The molecule has 0 bridgehead atoms. The summed E-state index contributed by atoms with van der Waals surface area (Å²) in [5, 5.41) is 12.4. The molecule has 23 heavy (non-hydrogen) atoms. The number of anilines is 1. The Morgan fingerprint density at radius 1 is 1.22 bits per heavy atom. The molecule has 0 unspecified atom stereocenters. The highest BCUT2D eigenvalue weighted by Gasteiger charge is 2.21. The van der Waals surface area contributed by atoms with E-state index in [1.54, 1.807) is 31.2 Å². The van der Waals surface area contributed by atoms with E-state index in [-0.39, 0.29) is 11.3 Å². The fraction of sp³-hybridized carbons (Fsp3) is 0.176. The summed E-state index contributed by atoms with van der Waals surface area (Å²) in [5.74, 6) is -1.38. The van der Waals surface area contributed by atoms with Gasteiger partial charge < -0.3 is 15.2 Å². The van der Waals surface area contributed by atoms with Crippen molar-refractivity contribution in [3.8, 4) is 5.75 Å². The second-order valence-corrected chi connectivity index (χ2v) is 5.98. The Hall–Kier alpha value is -2.34.